The van der Waals surface area contributed by atoms with Gasteiger partial charge in [0.2, 0.25) is 5.91 Å². The minimum absolute atomic E-state index is 0.0253. The van der Waals surface area contributed by atoms with Crippen molar-refractivity contribution in [1.29, 1.82) is 0 Å². The number of esters is 1. The van der Waals surface area contributed by atoms with Gasteiger partial charge in [0.05, 0.1) is 11.6 Å². The highest BCUT2D eigenvalue weighted by molar-refractivity contribution is 14.1. The van der Waals surface area contributed by atoms with Crippen LogP contribution in [0.3, 0.4) is 0 Å². The number of carbonyl (C=O) groups excluding carboxylic acids is 2. The van der Waals surface area contributed by atoms with Crippen molar-refractivity contribution in [3.8, 4) is 0 Å². The standard InChI is InChI=1S/C23H33I3N2O3/c1-8-14(9-16-17(24)10-18(25)20(19(16)26)27-13(2)29)21(30)31-15-11-22(3,4)28(7)23(5,6)12-15/h10,14-15H,8-9,11-12H2,1-7H3,(H,27,29). The third kappa shape index (κ3) is 6.68. The molecule has 1 aromatic carbocycles. The van der Waals surface area contributed by atoms with Crippen molar-refractivity contribution in [2.45, 2.75) is 84.4 Å². The van der Waals surface area contributed by atoms with Crippen molar-refractivity contribution >= 4 is 85.3 Å². The number of hydrogen-bond acceptors (Lipinski definition) is 4. The fourth-order valence-corrected chi connectivity index (χ4v) is 8.45. The average molecular weight is 766 g/mol. The SMILES string of the molecule is CCC(Cc1c(I)cc(I)c(NC(C)=O)c1I)C(=O)OC1CC(C)(C)N(C)C(C)(C)C1. The molecule has 5 nitrogen and oxygen atoms in total. The monoisotopic (exact) mass is 766 g/mol. The first-order chi connectivity index (χ1) is 14.2. The van der Waals surface area contributed by atoms with E-state index in [9.17, 15) is 9.59 Å². The van der Waals surface area contributed by atoms with E-state index in [4.69, 9.17) is 4.74 Å². The number of hydrogen-bond donors (Lipinski definition) is 1. The van der Waals surface area contributed by atoms with Crippen LogP contribution in [0, 0.1) is 16.6 Å². The normalized spacial score (nSPS) is 19.7. The number of nitrogens with zero attached hydrogens (tertiary/aromatic N) is 1. The molecule has 1 atom stereocenters. The lowest BCUT2D eigenvalue weighted by atomic mass is 9.78. The van der Waals surface area contributed by atoms with Crippen molar-refractivity contribution in [1.82, 2.24) is 4.90 Å². The quantitative estimate of drug-likeness (QED) is 0.276. The Balaban J connectivity index is 2.22. The highest BCUT2D eigenvalue weighted by atomic mass is 127. The Morgan fingerprint density at radius 2 is 1.71 bits per heavy atom. The van der Waals surface area contributed by atoms with E-state index < -0.39 is 0 Å². The Morgan fingerprint density at radius 3 is 2.19 bits per heavy atom. The van der Waals surface area contributed by atoms with Gasteiger partial charge in [0, 0.05) is 41.6 Å². The van der Waals surface area contributed by atoms with Crippen LogP contribution in [-0.4, -0.2) is 41.0 Å². The number of rotatable bonds is 6. The summed E-state index contributed by atoms with van der Waals surface area (Å²) in [5, 5.41) is 2.94. The molecule has 31 heavy (non-hydrogen) atoms. The van der Waals surface area contributed by atoms with E-state index in [1.165, 1.54) is 6.92 Å². The van der Waals surface area contributed by atoms with Crippen molar-refractivity contribution in [3.63, 3.8) is 0 Å². The molecule has 0 bridgehead atoms. The van der Waals surface area contributed by atoms with Crippen molar-refractivity contribution in [3.05, 3.63) is 22.3 Å². The van der Waals surface area contributed by atoms with Gasteiger partial charge < -0.3 is 10.1 Å². The van der Waals surface area contributed by atoms with Crippen LogP contribution < -0.4 is 5.32 Å². The number of ether oxygens (including phenoxy) is 1. The minimum atomic E-state index is -0.210. The number of carbonyl (C=O) groups is 2. The molecule has 174 valence electrons. The van der Waals surface area contributed by atoms with Gasteiger partial charge in [0.1, 0.15) is 6.10 Å². The van der Waals surface area contributed by atoms with E-state index in [2.05, 4.69) is 119 Å². The van der Waals surface area contributed by atoms with Crippen molar-refractivity contribution in [2.24, 2.45) is 5.92 Å². The molecule has 0 aliphatic carbocycles. The molecule has 0 spiro atoms. The maximum absolute atomic E-state index is 13.2. The molecule has 2 rings (SSSR count). The van der Waals surface area contributed by atoms with E-state index in [0.717, 1.165) is 34.8 Å². The maximum atomic E-state index is 13.2. The molecule has 0 radical (unpaired) electrons. The zero-order chi connectivity index (χ0) is 23.7. The van der Waals surface area contributed by atoms with Crippen molar-refractivity contribution < 1.29 is 14.3 Å². The van der Waals surface area contributed by atoms with E-state index in [-0.39, 0.29) is 35.0 Å². The Bertz CT molecular complexity index is 837. The van der Waals surface area contributed by atoms with E-state index in [1.807, 2.05) is 6.92 Å². The zero-order valence-corrected chi connectivity index (χ0v) is 25.8. The number of halogens is 3. The lowest BCUT2D eigenvalue weighted by Crippen LogP contribution is -2.60. The molecular formula is C23H33I3N2O3. The fraction of sp³-hybridized carbons (Fsp3) is 0.652. The highest BCUT2D eigenvalue weighted by Gasteiger charge is 2.44. The van der Waals surface area contributed by atoms with E-state index in [0.29, 0.717) is 12.8 Å². The lowest BCUT2D eigenvalue weighted by Gasteiger charge is -2.53. The number of nitrogens with one attached hydrogen (secondary N) is 1. The Morgan fingerprint density at radius 1 is 1.16 bits per heavy atom. The molecule has 1 fully saturated rings. The van der Waals surface area contributed by atoms with Crippen LogP contribution in [0.1, 0.15) is 66.4 Å². The molecular weight excluding hydrogens is 733 g/mol. The number of likely N-dealkylation sites (tertiary alicyclic amines) is 1. The second kappa shape index (κ2) is 10.7. The summed E-state index contributed by atoms with van der Waals surface area (Å²) in [7, 11) is 2.15. The Kier molecular flexibility index (Phi) is 9.52. The van der Waals surface area contributed by atoms with Gasteiger partial charge in [0.15, 0.2) is 0 Å². The van der Waals surface area contributed by atoms with Gasteiger partial charge in [0.25, 0.3) is 0 Å². The summed E-state index contributed by atoms with van der Waals surface area (Å²) in [6.07, 6.45) is 2.91. The third-order valence-corrected chi connectivity index (χ3v) is 9.40. The molecule has 1 aliphatic rings. The predicted molar refractivity (Wildman–Crippen MR) is 151 cm³/mol. The second-order valence-electron chi connectivity index (χ2n) is 9.65. The summed E-state index contributed by atoms with van der Waals surface area (Å²) in [5.41, 5.74) is 1.87. The molecule has 0 aromatic heterocycles. The number of amides is 1. The van der Waals surface area contributed by atoms with Crippen LogP contribution in [0.15, 0.2) is 6.07 Å². The Labute approximate surface area is 227 Å². The number of anilines is 1. The van der Waals surface area contributed by atoms with Gasteiger partial charge in [-0.25, -0.2) is 0 Å². The molecule has 8 heteroatoms. The molecule has 1 unspecified atom stereocenters. The van der Waals surface area contributed by atoms with Crippen LogP contribution in [0.5, 0.6) is 0 Å². The second-order valence-corrected chi connectivity index (χ2v) is 13.1. The topological polar surface area (TPSA) is 58.6 Å². The number of piperidine rings is 1. The van der Waals surface area contributed by atoms with Gasteiger partial charge in [-0.3, -0.25) is 14.5 Å². The summed E-state index contributed by atoms with van der Waals surface area (Å²) in [5.74, 6) is -0.421. The fourth-order valence-electron chi connectivity index (χ4n) is 4.37. The minimum Gasteiger partial charge on any atom is -0.462 e. The number of benzene rings is 1. The highest BCUT2D eigenvalue weighted by Crippen LogP contribution is 2.39. The first kappa shape index (κ1) is 27.6. The molecule has 0 saturated carbocycles. The summed E-state index contributed by atoms with van der Waals surface area (Å²) < 4.78 is 9.19. The zero-order valence-electron chi connectivity index (χ0n) is 19.4. The molecule has 1 aromatic rings. The van der Waals surface area contributed by atoms with Gasteiger partial charge in [-0.15, -0.1) is 0 Å². The van der Waals surface area contributed by atoms with Gasteiger partial charge in [-0.05, 0) is 127 Å². The maximum Gasteiger partial charge on any atom is 0.309 e. The van der Waals surface area contributed by atoms with Gasteiger partial charge in [-0.2, -0.15) is 0 Å². The van der Waals surface area contributed by atoms with Crippen LogP contribution in [0.2, 0.25) is 0 Å². The van der Waals surface area contributed by atoms with Gasteiger partial charge in [-0.1, -0.05) is 6.92 Å². The summed E-state index contributed by atoms with van der Waals surface area (Å²) >= 11 is 6.85. The van der Waals surface area contributed by atoms with Crippen LogP contribution >= 0.6 is 67.8 Å². The Hall–Kier alpha value is 0.310. The van der Waals surface area contributed by atoms with E-state index in [1.54, 1.807) is 0 Å². The first-order valence-electron chi connectivity index (χ1n) is 10.6. The first-order valence-corrected chi connectivity index (χ1v) is 13.8. The summed E-state index contributed by atoms with van der Waals surface area (Å²) in [6, 6.07) is 2.06. The lowest BCUT2D eigenvalue weighted by molar-refractivity contribution is -0.163. The predicted octanol–water partition coefficient (Wildman–Crippen LogP) is 6.22. The van der Waals surface area contributed by atoms with E-state index >= 15 is 0 Å². The largest absolute Gasteiger partial charge is 0.462 e. The third-order valence-electron chi connectivity index (χ3n) is 6.40. The molecule has 1 aliphatic heterocycles. The molecule has 1 heterocycles. The molecule has 1 saturated heterocycles. The summed E-state index contributed by atoms with van der Waals surface area (Å²) in [6.45, 7) is 12.4. The van der Waals surface area contributed by atoms with Crippen LogP contribution in [-0.2, 0) is 20.7 Å². The molecule has 1 N–H and O–H groups in total. The van der Waals surface area contributed by atoms with Gasteiger partial charge >= 0.3 is 5.97 Å². The van der Waals surface area contributed by atoms with Crippen molar-refractivity contribution in [2.75, 3.05) is 12.4 Å². The summed E-state index contributed by atoms with van der Waals surface area (Å²) in [4.78, 5) is 27.2. The smallest absolute Gasteiger partial charge is 0.309 e. The average Bonchev–Trinajstić information content (AvgIpc) is 2.62. The van der Waals surface area contributed by atoms with Crippen LogP contribution in [0.25, 0.3) is 0 Å². The van der Waals surface area contributed by atoms with Crippen LogP contribution in [0.4, 0.5) is 5.69 Å². The molecule has 1 amide bonds.